The molecule has 7 heteroatoms. The fraction of sp³-hybridized carbons (Fsp3) is 0.111. The zero-order valence-electron chi connectivity index (χ0n) is 13.4. The number of halogens is 1. The summed E-state index contributed by atoms with van der Waals surface area (Å²) < 4.78 is 0. The Morgan fingerprint density at radius 1 is 1.04 bits per heavy atom. The molecule has 25 heavy (non-hydrogen) atoms. The largest absolute Gasteiger partial charge is 0.368 e. The number of thioether (sulfide) groups is 1. The van der Waals surface area contributed by atoms with E-state index < -0.39 is 0 Å². The zero-order chi connectivity index (χ0) is 17.8. The molecule has 3 rings (SSSR count). The van der Waals surface area contributed by atoms with Crippen LogP contribution in [0.15, 0.2) is 59.8 Å². The summed E-state index contributed by atoms with van der Waals surface area (Å²) in [6.45, 7) is 1.81. The van der Waals surface area contributed by atoms with E-state index in [-0.39, 0.29) is 17.0 Å². The number of hydrogen-bond acceptors (Lipinski definition) is 6. The fourth-order valence-electron chi connectivity index (χ4n) is 2.20. The van der Waals surface area contributed by atoms with Crippen LogP contribution in [0.25, 0.3) is 11.4 Å². The smallest absolute Gasteiger partial charge is 0.224 e. The van der Waals surface area contributed by atoms with Gasteiger partial charge in [0, 0.05) is 16.1 Å². The van der Waals surface area contributed by atoms with Gasteiger partial charge >= 0.3 is 0 Å². The number of nitrogen functional groups attached to an aromatic ring is 1. The quantitative estimate of drug-likeness (QED) is 0.537. The molecule has 0 bridgehead atoms. The van der Waals surface area contributed by atoms with Gasteiger partial charge in [-0.1, -0.05) is 53.7 Å². The van der Waals surface area contributed by atoms with E-state index in [0.717, 1.165) is 5.56 Å². The van der Waals surface area contributed by atoms with Crippen molar-refractivity contribution in [3.05, 3.63) is 65.2 Å². The summed E-state index contributed by atoms with van der Waals surface area (Å²) in [4.78, 5) is 25.3. The van der Waals surface area contributed by atoms with Gasteiger partial charge in [-0.05, 0) is 31.2 Å². The molecule has 126 valence electrons. The summed E-state index contributed by atoms with van der Waals surface area (Å²) in [7, 11) is 0. The Bertz CT molecular complexity index is 887. The molecule has 0 saturated carbocycles. The van der Waals surface area contributed by atoms with E-state index in [2.05, 4.69) is 15.0 Å². The normalized spacial score (nSPS) is 11.9. The van der Waals surface area contributed by atoms with Crippen molar-refractivity contribution in [1.29, 1.82) is 0 Å². The third kappa shape index (κ3) is 4.35. The number of ketones is 1. The van der Waals surface area contributed by atoms with Crippen LogP contribution in [0.2, 0.25) is 5.02 Å². The van der Waals surface area contributed by atoms with Crippen LogP contribution in [0.5, 0.6) is 0 Å². The Labute approximate surface area is 154 Å². The predicted molar refractivity (Wildman–Crippen MR) is 101 cm³/mol. The predicted octanol–water partition coefficient (Wildman–Crippen LogP) is 4.14. The Morgan fingerprint density at radius 2 is 1.72 bits per heavy atom. The molecule has 0 unspecified atom stereocenters. The second-order valence-corrected chi connectivity index (χ2v) is 7.04. The Kier molecular flexibility index (Phi) is 5.31. The first kappa shape index (κ1) is 17.4. The molecule has 2 N–H and O–H groups in total. The van der Waals surface area contributed by atoms with Gasteiger partial charge in [0.2, 0.25) is 5.95 Å². The van der Waals surface area contributed by atoms with Crippen molar-refractivity contribution in [3.8, 4) is 11.4 Å². The number of rotatable bonds is 5. The van der Waals surface area contributed by atoms with Gasteiger partial charge in [-0.2, -0.15) is 9.97 Å². The molecule has 0 aliphatic carbocycles. The van der Waals surface area contributed by atoms with E-state index in [1.807, 2.05) is 37.3 Å². The van der Waals surface area contributed by atoms with Crippen LogP contribution < -0.4 is 5.73 Å². The van der Waals surface area contributed by atoms with Gasteiger partial charge < -0.3 is 5.73 Å². The third-order valence-corrected chi connectivity index (χ3v) is 4.66. The molecule has 0 saturated heterocycles. The van der Waals surface area contributed by atoms with Crippen LogP contribution in [0.3, 0.4) is 0 Å². The van der Waals surface area contributed by atoms with Crippen molar-refractivity contribution in [2.75, 3.05) is 5.73 Å². The topological polar surface area (TPSA) is 81.8 Å². The maximum atomic E-state index is 12.5. The van der Waals surface area contributed by atoms with E-state index >= 15 is 0 Å². The first-order chi connectivity index (χ1) is 12.0. The number of nitrogens with zero attached hydrogens (tertiary/aromatic N) is 3. The second-order valence-electron chi connectivity index (χ2n) is 5.30. The first-order valence-corrected chi connectivity index (χ1v) is 8.82. The molecule has 1 heterocycles. The van der Waals surface area contributed by atoms with Crippen LogP contribution in [-0.4, -0.2) is 26.0 Å². The summed E-state index contributed by atoms with van der Waals surface area (Å²) in [5.74, 6) is 0.589. The van der Waals surface area contributed by atoms with Gasteiger partial charge in [-0.25, -0.2) is 4.98 Å². The van der Waals surface area contributed by atoms with Gasteiger partial charge in [0.05, 0.1) is 5.25 Å². The van der Waals surface area contributed by atoms with Gasteiger partial charge in [0.25, 0.3) is 0 Å². The second kappa shape index (κ2) is 7.63. The number of hydrogen-bond donors (Lipinski definition) is 1. The van der Waals surface area contributed by atoms with Crippen LogP contribution in [-0.2, 0) is 0 Å². The fourth-order valence-corrected chi connectivity index (χ4v) is 3.17. The van der Waals surface area contributed by atoms with Crippen LogP contribution in [0.4, 0.5) is 5.95 Å². The molecular weight excluding hydrogens is 356 g/mol. The average molecular weight is 371 g/mol. The summed E-state index contributed by atoms with van der Waals surface area (Å²) >= 11 is 7.11. The van der Waals surface area contributed by atoms with Crippen LogP contribution in [0.1, 0.15) is 17.3 Å². The number of aromatic nitrogens is 3. The van der Waals surface area contributed by atoms with Crippen molar-refractivity contribution < 1.29 is 4.79 Å². The molecule has 2 aromatic carbocycles. The molecule has 0 spiro atoms. The lowest BCUT2D eigenvalue weighted by atomic mass is 10.1. The van der Waals surface area contributed by atoms with Crippen molar-refractivity contribution in [1.82, 2.24) is 15.0 Å². The maximum Gasteiger partial charge on any atom is 0.224 e. The highest BCUT2D eigenvalue weighted by atomic mass is 35.5. The highest BCUT2D eigenvalue weighted by Gasteiger charge is 2.19. The molecule has 0 radical (unpaired) electrons. The third-order valence-electron chi connectivity index (χ3n) is 3.44. The standard InChI is InChI=1S/C18H15ClN4OS/c1-11(15(24)12-7-9-14(19)10-8-12)25-18-22-16(21-17(20)23-18)13-5-3-2-4-6-13/h2-11H,1H3,(H2,20,21,22,23)/t11-/m0/s1. The van der Waals surface area contributed by atoms with Crippen molar-refractivity contribution >= 4 is 35.1 Å². The number of carbonyl (C=O) groups is 1. The monoisotopic (exact) mass is 370 g/mol. The lowest BCUT2D eigenvalue weighted by molar-refractivity contribution is 0.0994. The van der Waals surface area contributed by atoms with Crippen LogP contribution >= 0.6 is 23.4 Å². The Balaban J connectivity index is 1.81. The summed E-state index contributed by atoms with van der Waals surface area (Å²) in [5, 5.41) is 0.641. The minimum atomic E-state index is -0.369. The van der Waals surface area contributed by atoms with Crippen LogP contribution in [0, 0.1) is 0 Å². The van der Waals surface area contributed by atoms with Gasteiger partial charge in [0.1, 0.15) is 0 Å². The molecule has 0 amide bonds. The van der Waals surface area contributed by atoms with Gasteiger partial charge in [-0.3, -0.25) is 4.79 Å². The maximum absolute atomic E-state index is 12.5. The zero-order valence-corrected chi connectivity index (χ0v) is 15.0. The number of nitrogens with two attached hydrogens (primary N) is 1. The lowest BCUT2D eigenvalue weighted by Crippen LogP contribution is -2.14. The van der Waals surface area contributed by atoms with E-state index in [0.29, 0.717) is 21.6 Å². The molecule has 1 aromatic heterocycles. The molecular formula is C18H15ClN4OS. The summed E-state index contributed by atoms with van der Waals surface area (Å²) in [5.41, 5.74) is 7.24. The van der Waals surface area contributed by atoms with Crippen molar-refractivity contribution in [2.24, 2.45) is 0 Å². The minimum absolute atomic E-state index is 0.0260. The molecule has 0 aliphatic rings. The number of carbonyl (C=O) groups excluding carboxylic acids is 1. The number of Topliss-reactive ketones (excluding diaryl/α,β-unsaturated/α-hetero) is 1. The highest BCUT2D eigenvalue weighted by Crippen LogP contribution is 2.25. The Hall–Kier alpha value is -2.44. The Morgan fingerprint density at radius 3 is 2.40 bits per heavy atom. The van der Waals surface area contributed by atoms with Gasteiger partial charge in [-0.15, -0.1) is 0 Å². The van der Waals surface area contributed by atoms with Crippen molar-refractivity contribution in [2.45, 2.75) is 17.3 Å². The first-order valence-electron chi connectivity index (χ1n) is 7.56. The summed E-state index contributed by atoms with van der Waals surface area (Å²) in [6.07, 6.45) is 0. The van der Waals surface area contributed by atoms with E-state index in [1.54, 1.807) is 24.3 Å². The average Bonchev–Trinajstić information content (AvgIpc) is 2.62. The highest BCUT2D eigenvalue weighted by molar-refractivity contribution is 8.00. The van der Waals surface area contributed by atoms with Crippen molar-refractivity contribution in [3.63, 3.8) is 0 Å². The number of benzene rings is 2. The summed E-state index contributed by atoms with van der Waals surface area (Å²) in [6, 6.07) is 16.3. The molecule has 0 fully saturated rings. The minimum Gasteiger partial charge on any atom is -0.368 e. The molecule has 3 aromatic rings. The molecule has 5 nitrogen and oxygen atoms in total. The van der Waals surface area contributed by atoms with E-state index in [9.17, 15) is 4.79 Å². The molecule has 0 aliphatic heterocycles. The number of anilines is 1. The van der Waals surface area contributed by atoms with E-state index in [1.165, 1.54) is 11.8 Å². The lowest BCUT2D eigenvalue weighted by Gasteiger charge is -2.10. The SMILES string of the molecule is C[C@H](Sc1nc(N)nc(-c2ccccc2)n1)C(=O)c1ccc(Cl)cc1. The van der Waals surface area contributed by atoms with Gasteiger partial charge in [0.15, 0.2) is 16.8 Å². The van der Waals surface area contributed by atoms with E-state index in [4.69, 9.17) is 17.3 Å². The molecule has 1 atom stereocenters.